The number of Topliss-reactive ketones (excluding diaryl/α,β-unsaturated/α-hetero) is 1. The summed E-state index contributed by atoms with van der Waals surface area (Å²) in [5, 5.41) is 13.9. The number of aliphatic hydroxyl groups excluding tert-OH is 1. The largest absolute Gasteiger partial charge is 0.511 e. The van der Waals surface area contributed by atoms with Crippen LogP contribution in [0.4, 0.5) is 0 Å². The van der Waals surface area contributed by atoms with Gasteiger partial charge in [-0.2, -0.15) is 0 Å². The Labute approximate surface area is 128 Å². The van der Waals surface area contributed by atoms with Crippen LogP contribution >= 0.6 is 25.3 Å². The number of nitrogens with zero attached hydrogens (tertiary/aromatic N) is 1. The fourth-order valence-electron chi connectivity index (χ4n) is 2.22. The van der Waals surface area contributed by atoms with Crippen molar-refractivity contribution in [3.63, 3.8) is 0 Å². The lowest BCUT2D eigenvalue weighted by Crippen LogP contribution is -2.01. The molecule has 2 rings (SSSR count). The maximum Gasteiger partial charge on any atom is 0.167 e. The van der Waals surface area contributed by atoms with E-state index < -0.39 is 0 Å². The summed E-state index contributed by atoms with van der Waals surface area (Å²) in [6.07, 6.45) is 2.27. The lowest BCUT2D eigenvalue weighted by molar-refractivity contribution is -0.113. The third-order valence-electron chi connectivity index (χ3n) is 3.17. The summed E-state index contributed by atoms with van der Waals surface area (Å²) in [7, 11) is 1.45. The van der Waals surface area contributed by atoms with Gasteiger partial charge in [0.2, 0.25) is 0 Å². The van der Waals surface area contributed by atoms with Crippen LogP contribution in [0.2, 0.25) is 0 Å². The van der Waals surface area contributed by atoms with Crippen molar-refractivity contribution in [3.05, 3.63) is 29.5 Å². The molecule has 0 spiro atoms. The molecule has 0 radical (unpaired) electrons. The zero-order valence-corrected chi connectivity index (χ0v) is 12.7. The van der Waals surface area contributed by atoms with Crippen molar-refractivity contribution in [2.75, 3.05) is 7.11 Å². The standard InChI is InChI=1S/C14H15NO3S2/c1-18-15-5-4-8-6-11(16)13(14(8)17)10-7-9(19)2-3-12(10)20/h2-3,5,7-8,17,19-20H,4,6H2,1H3. The Bertz CT molecular complexity index is 596. The van der Waals surface area contributed by atoms with Gasteiger partial charge in [-0.15, -0.1) is 25.3 Å². The van der Waals surface area contributed by atoms with Gasteiger partial charge in [-0.25, -0.2) is 0 Å². The molecule has 6 heteroatoms. The highest BCUT2D eigenvalue weighted by molar-refractivity contribution is 7.80. The minimum atomic E-state index is -0.257. The molecule has 0 heterocycles. The molecule has 106 valence electrons. The van der Waals surface area contributed by atoms with E-state index in [1.165, 1.54) is 7.11 Å². The molecule has 0 fully saturated rings. The maximum atomic E-state index is 12.1. The summed E-state index contributed by atoms with van der Waals surface area (Å²) in [6, 6.07) is 5.28. The molecule has 0 aliphatic heterocycles. The number of rotatable bonds is 4. The zero-order valence-electron chi connectivity index (χ0n) is 10.9. The van der Waals surface area contributed by atoms with E-state index in [0.29, 0.717) is 22.5 Å². The molecular weight excluding hydrogens is 294 g/mol. The molecule has 1 aromatic rings. The predicted octanol–water partition coefficient (Wildman–Crippen LogP) is 3.14. The Balaban J connectivity index is 2.36. The summed E-state index contributed by atoms with van der Waals surface area (Å²) in [6.45, 7) is 0. The average Bonchev–Trinajstić information content (AvgIpc) is 2.68. The molecule has 1 aliphatic carbocycles. The Hall–Kier alpha value is -1.40. The molecule has 1 atom stereocenters. The monoisotopic (exact) mass is 309 g/mol. The van der Waals surface area contributed by atoms with Gasteiger partial charge in [0, 0.05) is 33.9 Å². The van der Waals surface area contributed by atoms with Gasteiger partial charge in [0.1, 0.15) is 12.9 Å². The molecule has 1 aliphatic rings. The van der Waals surface area contributed by atoms with Crippen molar-refractivity contribution >= 4 is 42.8 Å². The normalized spacial score (nSPS) is 19.1. The predicted molar refractivity (Wildman–Crippen MR) is 83.7 cm³/mol. The van der Waals surface area contributed by atoms with E-state index in [9.17, 15) is 9.90 Å². The van der Waals surface area contributed by atoms with E-state index in [0.717, 1.165) is 4.90 Å². The maximum absolute atomic E-state index is 12.1. The van der Waals surface area contributed by atoms with Crippen LogP contribution in [0.5, 0.6) is 0 Å². The molecule has 20 heavy (non-hydrogen) atoms. The van der Waals surface area contributed by atoms with E-state index in [2.05, 4.69) is 35.3 Å². The highest BCUT2D eigenvalue weighted by Gasteiger charge is 2.33. The number of carbonyl (C=O) groups is 1. The molecule has 0 amide bonds. The summed E-state index contributed by atoms with van der Waals surface area (Å²) < 4.78 is 0. The lowest BCUT2D eigenvalue weighted by Gasteiger charge is -2.08. The Morgan fingerprint density at radius 3 is 2.95 bits per heavy atom. The van der Waals surface area contributed by atoms with Crippen molar-refractivity contribution < 1.29 is 14.7 Å². The molecule has 1 unspecified atom stereocenters. The van der Waals surface area contributed by atoms with Crippen LogP contribution in [0.15, 0.2) is 38.9 Å². The van der Waals surface area contributed by atoms with E-state index in [4.69, 9.17) is 0 Å². The minimum Gasteiger partial charge on any atom is -0.511 e. The molecule has 0 saturated carbocycles. The van der Waals surface area contributed by atoms with Crippen LogP contribution in [-0.4, -0.2) is 24.2 Å². The first-order valence-electron chi connectivity index (χ1n) is 6.08. The number of oxime groups is 1. The first-order valence-corrected chi connectivity index (χ1v) is 6.97. The fraction of sp³-hybridized carbons (Fsp3) is 0.286. The van der Waals surface area contributed by atoms with Gasteiger partial charge in [-0.1, -0.05) is 5.16 Å². The second kappa shape index (κ2) is 6.37. The summed E-state index contributed by atoms with van der Waals surface area (Å²) in [4.78, 5) is 18.1. The highest BCUT2D eigenvalue weighted by atomic mass is 32.1. The van der Waals surface area contributed by atoms with Gasteiger partial charge in [0.25, 0.3) is 0 Å². The second-order valence-electron chi connectivity index (χ2n) is 4.49. The number of hydrogen-bond donors (Lipinski definition) is 3. The quantitative estimate of drug-likeness (QED) is 0.455. The Kier molecular flexibility index (Phi) is 4.77. The highest BCUT2D eigenvalue weighted by Crippen LogP contribution is 2.38. The molecule has 4 nitrogen and oxygen atoms in total. The molecule has 1 N–H and O–H groups in total. The average molecular weight is 309 g/mol. The first kappa shape index (κ1) is 15.0. The van der Waals surface area contributed by atoms with Crippen LogP contribution in [0.25, 0.3) is 5.57 Å². The van der Waals surface area contributed by atoms with Gasteiger partial charge in [-0.05, 0) is 24.6 Å². The number of carbonyl (C=O) groups excluding carboxylic acids is 1. The number of ketones is 1. The number of hydrogen-bond acceptors (Lipinski definition) is 6. The topological polar surface area (TPSA) is 58.9 Å². The van der Waals surface area contributed by atoms with Crippen molar-refractivity contribution in [1.29, 1.82) is 0 Å². The van der Waals surface area contributed by atoms with Crippen molar-refractivity contribution in [1.82, 2.24) is 0 Å². The third kappa shape index (κ3) is 3.02. The summed E-state index contributed by atoms with van der Waals surface area (Å²) in [5.41, 5.74) is 0.955. The second-order valence-corrected chi connectivity index (χ2v) is 5.49. The van der Waals surface area contributed by atoms with Crippen LogP contribution in [-0.2, 0) is 9.63 Å². The van der Waals surface area contributed by atoms with E-state index in [-0.39, 0.29) is 23.9 Å². The van der Waals surface area contributed by atoms with Gasteiger partial charge in [0.15, 0.2) is 5.78 Å². The summed E-state index contributed by atoms with van der Waals surface area (Å²) >= 11 is 8.60. The van der Waals surface area contributed by atoms with Crippen molar-refractivity contribution in [2.45, 2.75) is 22.6 Å². The van der Waals surface area contributed by atoms with E-state index >= 15 is 0 Å². The number of benzene rings is 1. The Morgan fingerprint density at radius 1 is 1.50 bits per heavy atom. The fourth-order valence-corrected chi connectivity index (χ4v) is 2.68. The van der Waals surface area contributed by atoms with Crippen molar-refractivity contribution in [2.24, 2.45) is 11.1 Å². The van der Waals surface area contributed by atoms with Gasteiger partial charge in [-0.3, -0.25) is 4.79 Å². The lowest BCUT2D eigenvalue weighted by atomic mass is 10.0. The minimum absolute atomic E-state index is 0.0896. The third-order valence-corrected chi connectivity index (χ3v) is 3.84. The zero-order chi connectivity index (χ0) is 14.7. The SMILES string of the molecule is CON=CCC1CC(=O)C(c2cc(S)ccc2S)=C1O. The number of thiol groups is 2. The molecular formula is C14H15NO3S2. The molecule has 1 aromatic carbocycles. The number of aliphatic hydroxyl groups is 1. The van der Waals surface area contributed by atoms with Crippen LogP contribution < -0.4 is 0 Å². The van der Waals surface area contributed by atoms with Gasteiger partial charge in [0.05, 0.1) is 5.57 Å². The Morgan fingerprint density at radius 2 is 2.25 bits per heavy atom. The van der Waals surface area contributed by atoms with Gasteiger partial charge < -0.3 is 9.94 Å². The summed E-state index contributed by atoms with van der Waals surface area (Å²) in [5.74, 6) is -0.257. The van der Waals surface area contributed by atoms with Gasteiger partial charge >= 0.3 is 0 Å². The molecule has 0 saturated heterocycles. The van der Waals surface area contributed by atoms with Crippen LogP contribution in [0.1, 0.15) is 18.4 Å². The van der Waals surface area contributed by atoms with E-state index in [1.807, 2.05) is 0 Å². The number of allylic oxidation sites excluding steroid dienone is 2. The van der Waals surface area contributed by atoms with Crippen molar-refractivity contribution in [3.8, 4) is 0 Å². The van der Waals surface area contributed by atoms with Crippen LogP contribution in [0.3, 0.4) is 0 Å². The van der Waals surface area contributed by atoms with E-state index in [1.54, 1.807) is 24.4 Å². The molecule has 0 bridgehead atoms. The first-order chi connectivity index (χ1) is 9.54. The van der Waals surface area contributed by atoms with Crippen LogP contribution in [0, 0.1) is 5.92 Å². The molecule has 0 aromatic heterocycles. The smallest absolute Gasteiger partial charge is 0.167 e.